The van der Waals surface area contributed by atoms with Crippen LogP contribution in [0.5, 0.6) is 0 Å². The molecule has 0 saturated carbocycles. The summed E-state index contributed by atoms with van der Waals surface area (Å²) in [6, 6.07) is 0. The fraction of sp³-hybridized carbons (Fsp3) is 1.00. The molecule has 2 heterocycles. The topological polar surface area (TPSA) is 169 Å². The first-order valence-corrected chi connectivity index (χ1v) is 7.03. The van der Waals surface area contributed by atoms with Gasteiger partial charge in [0.05, 0.1) is 6.61 Å². The van der Waals surface area contributed by atoms with Crippen LogP contribution in [0.2, 0.25) is 0 Å². The molecule has 0 bridgehead atoms. The summed E-state index contributed by atoms with van der Waals surface area (Å²) >= 11 is 0. The van der Waals surface area contributed by atoms with E-state index in [2.05, 4.69) is 0 Å². The zero-order valence-electron chi connectivity index (χ0n) is 11.9. The average molecular weight is 344 g/mol. The van der Waals surface area contributed by atoms with Crippen molar-refractivity contribution in [3.63, 3.8) is 0 Å². The Hall–Kier alpha value is -0.470. The van der Waals surface area contributed by atoms with Gasteiger partial charge in [-0.1, -0.05) is 0 Å². The molecule has 0 aromatic heterocycles. The Morgan fingerprint density at radius 2 is 1.52 bits per heavy atom. The van der Waals surface area contributed by atoms with Crippen LogP contribution >= 0.6 is 0 Å². The summed E-state index contributed by atoms with van der Waals surface area (Å²) < 4.78 is 27.5. The van der Waals surface area contributed by atoms with Crippen LogP contribution in [0.1, 0.15) is 0 Å². The Morgan fingerprint density at radius 1 is 0.913 bits per heavy atom. The molecule has 2 rings (SSSR count). The first-order valence-electron chi connectivity index (χ1n) is 7.03. The smallest absolute Gasteiger partial charge is 0.187 e. The van der Waals surface area contributed by atoms with Crippen molar-refractivity contribution in [2.75, 3.05) is 13.3 Å². The summed E-state index contributed by atoms with van der Waals surface area (Å²) in [6.07, 6.45) is -15.6. The second-order valence-electron chi connectivity index (χ2n) is 5.50. The van der Waals surface area contributed by atoms with Crippen LogP contribution < -0.4 is 0 Å². The molecule has 2 saturated heterocycles. The number of aliphatic hydroxyl groups excluding tert-OH is 7. The molecule has 2 aliphatic heterocycles. The summed E-state index contributed by atoms with van der Waals surface area (Å²) in [6.45, 7) is -1.95. The SMILES string of the molecule is OC[C@@H](O)[C@@H]1O[C@@H](O)[C@H](O[C@@H]2O[C@@H]([C@H](O)CF)[C@H](O)[C@H]2O)[C@H]1O. The molecule has 2 fully saturated rings. The lowest BCUT2D eigenvalue weighted by atomic mass is 10.1. The van der Waals surface area contributed by atoms with E-state index in [1.165, 1.54) is 0 Å². The normalized spacial score (nSPS) is 47.0. The maximum Gasteiger partial charge on any atom is 0.187 e. The Balaban J connectivity index is 2.01. The minimum Gasteiger partial charge on any atom is -0.394 e. The van der Waals surface area contributed by atoms with Gasteiger partial charge in [0.1, 0.15) is 55.5 Å². The van der Waals surface area contributed by atoms with Crippen LogP contribution in [-0.2, 0) is 14.2 Å². The second kappa shape index (κ2) is 7.61. The lowest BCUT2D eigenvalue weighted by Gasteiger charge is -2.24. The summed E-state index contributed by atoms with van der Waals surface area (Å²) in [5, 5.41) is 66.8. The van der Waals surface area contributed by atoms with Gasteiger partial charge in [-0.25, -0.2) is 4.39 Å². The molecular weight excluding hydrogens is 323 g/mol. The Labute approximate surface area is 130 Å². The monoisotopic (exact) mass is 344 g/mol. The number of alkyl halides is 1. The molecule has 0 aromatic rings. The predicted octanol–water partition coefficient (Wildman–Crippen LogP) is -4.42. The molecule has 0 radical (unpaired) electrons. The highest BCUT2D eigenvalue weighted by Crippen LogP contribution is 2.31. The maximum atomic E-state index is 12.5. The van der Waals surface area contributed by atoms with Gasteiger partial charge in [-0.3, -0.25) is 0 Å². The van der Waals surface area contributed by atoms with Gasteiger partial charge in [0.15, 0.2) is 12.6 Å². The third-order valence-electron chi connectivity index (χ3n) is 3.90. The molecular formula is C12H21FO10. The molecule has 0 amide bonds. The van der Waals surface area contributed by atoms with E-state index < -0.39 is 74.7 Å². The van der Waals surface area contributed by atoms with Crippen LogP contribution in [0.15, 0.2) is 0 Å². The van der Waals surface area contributed by atoms with E-state index in [9.17, 15) is 35.0 Å². The lowest BCUT2D eigenvalue weighted by molar-refractivity contribution is -0.240. The van der Waals surface area contributed by atoms with E-state index in [0.29, 0.717) is 0 Å². The van der Waals surface area contributed by atoms with Crippen molar-refractivity contribution in [2.45, 2.75) is 61.4 Å². The summed E-state index contributed by atoms with van der Waals surface area (Å²) in [7, 11) is 0. The number of aliphatic hydroxyl groups is 7. The minimum atomic E-state index is -1.70. The standard InChI is InChI=1S/C12H21FO10/c13-1-3(15)8-5(17)6(18)12(22-8)23-10-7(19)9(4(16)2-14)21-11(10)20/h3-12,14-20H,1-2H2/t3-,4-,5-,6-,7+,8+,9+,10-,11-,12+/m1/s1. The quantitative estimate of drug-likeness (QED) is 0.250. The Bertz CT molecular complexity index is 387. The van der Waals surface area contributed by atoms with Gasteiger partial charge in [-0.05, 0) is 0 Å². The highest BCUT2D eigenvalue weighted by Gasteiger charge is 2.52. The van der Waals surface area contributed by atoms with Gasteiger partial charge in [0.25, 0.3) is 0 Å². The molecule has 10 nitrogen and oxygen atoms in total. The lowest BCUT2D eigenvalue weighted by Crippen LogP contribution is -2.44. The van der Waals surface area contributed by atoms with Gasteiger partial charge in [-0.15, -0.1) is 0 Å². The van der Waals surface area contributed by atoms with Gasteiger partial charge >= 0.3 is 0 Å². The third kappa shape index (κ3) is 3.64. The molecule has 11 heteroatoms. The number of rotatable bonds is 6. The van der Waals surface area contributed by atoms with Crippen molar-refractivity contribution >= 4 is 0 Å². The van der Waals surface area contributed by atoms with E-state index in [1.807, 2.05) is 0 Å². The molecule has 7 N–H and O–H groups in total. The predicted molar refractivity (Wildman–Crippen MR) is 67.5 cm³/mol. The van der Waals surface area contributed by atoms with Crippen LogP contribution in [-0.4, -0.2) is 110 Å². The van der Waals surface area contributed by atoms with E-state index in [0.717, 1.165) is 0 Å². The zero-order valence-corrected chi connectivity index (χ0v) is 11.9. The fourth-order valence-electron chi connectivity index (χ4n) is 2.59. The van der Waals surface area contributed by atoms with Crippen molar-refractivity contribution in [3.8, 4) is 0 Å². The van der Waals surface area contributed by atoms with Gasteiger partial charge in [0, 0.05) is 0 Å². The van der Waals surface area contributed by atoms with Crippen molar-refractivity contribution in [3.05, 3.63) is 0 Å². The van der Waals surface area contributed by atoms with E-state index >= 15 is 0 Å². The van der Waals surface area contributed by atoms with Crippen LogP contribution in [0, 0.1) is 0 Å². The zero-order chi connectivity index (χ0) is 17.3. The third-order valence-corrected chi connectivity index (χ3v) is 3.90. The minimum absolute atomic E-state index is 0.729. The first kappa shape index (κ1) is 18.9. The highest BCUT2D eigenvalue weighted by molar-refractivity contribution is 4.95. The Kier molecular flexibility index (Phi) is 6.24. The fourth-order valence-corrected chi connectivity index (χ4v) is 2.59. The maximum absolute atomic E-state index is 12.5. The van der Waals surface area contributed by atoms with Crippen LogP contribution in [0.3, 0.4) is 0 Å². The Morgan fingerprint density at radius 3 is 2.09 bits per heavy atom. The van der Waals surface area contributed by atoms with Crippen molar-refractivity contribution < 1.29 is 54.3 Å². The molecule has 23 heavy (non-hydrogen) atoms. The second-order valence-corrected chi connectivity index (χ2v) is 5.50. The number of halogens is 1. The summed E-state index contributed by atoms with van der Waals surface area (Å²) in [5.74, 6) is 0. The summed E-state index contributed by atoms with van der Waals surface area (Å²) in [5.41, 5.74) is 0. The molecule has 0 aromatic carbocycles. The van der Waals surface area contributed by atoms with Gasteiger partial charge in [-0.2, -0.15) is 0 Å². The van der Waals surface area contributed by atoms with Crippen LogP contribution in [0.25, 0.3) is 0 Å². The first-order chi connectivity index (χ1) is 10.8. The highest BCUT2D eigenvalue weighted by atomic mass is 19.1. The van der Waals surface area contributed by atoms with Crippen molar-refractivity contribution in [1.82, 2.24) is 0 Å². The molecule has 10 atom stereocenters. The molecule has 0 aliphatic carbocycles. The van der Waals surface area contributed by atoms with Crippen LogP contribution in [0.4, 0.5) is 4.39 Å². The molecule has 0 spiro atoms. The molecule has 0 unspecified atom stereocenters. The average Bonchev–Trinajstić information content (AvgIpc) is 2.98. The molecule has 2 aliphatic rings. The van der Waals surface area contributed by atoms with Crippen molar-refractivity contribution in [1.29, 1.82) is 0 Å². The van der Waals surface area contributed by atoms with Gasteiger partial charge in [0.2, 0.25) is 0 Å². The van der Waals surface area contributed by atoms with E-state index in [-0.39, 0.29) is 0 Å². The number of hydrogen-bond acceptors (Lipinski definition) is 10. The van der Waals surface area contributed by atoms with Crippen molar-refractivity contribution in [2.24, 2.45) is 0 Å². The largest absolute Gasteiger partial charge is 0.394 e. The van der Waals surface area contributed by atoms with E-state index in [1.54, 1.807) is 0 Å². The van der Waals surface area contributed by atoms with E-state index in [4.69, 9.17) is 19.3 Å². The summed E-state index contributed by atoms with van der Waals surface area (Å²) in [4.78, 5) is 0. The number of ether oxygens (including phenoxy) is 3. The number of hydrogen-bond donors (Lipinski definition) is 7. The molecule has 136 valence electrons. The van der Waals surface area contributed by atoms with Gasteiger partial charge < -0.3 is 50.0 Å².